The van der Waals surface area contributed by atoms with Gasteiger partial charge in [0.1, 0.15) is 11.8 Å². The first-order valence-corrected chi connectivity index (χ1v) is 11.2. The number of carbonyl (C=O) groups excluding carboxylic acids is 3. The number of primary amides is 1. The number of nitrogens with zero attached hydrogens (tertiary/aromatic N) is 1. The first-order valence-electron chi connectivity index (χ1n) is 10.8. The molecule has 10 nitrogen and oxygen atoms in total. The van der Waals surface area contributed by atoms with E-state index in [-0.39, 0.29) is 28.5 Å². The molecule has 1 saturated heterocycles. The molecular formula is C23H25ClN4O6. The summed E-state index contributed by atoms with van der Waals surface area (Å²) >= 11 is 6.64. The Hall–Kier alpha value is -3.34. The van der Waals surface area contributed by atoms with Gasteiger partial charge in [-0.15, -0.1) is 0 Å². The third kappa shape index (κ3) is 5.24. The predicted molar refractivity (Wildman–Crippen MR) is 123 cm³/mol. The second kappa shape index (κ2) is 9.88. The summed E-state index contributed by atoms with van der Waals surface area (Å²) in [6.45, 7) is 4.10. The Morgan fingerprint density at radius 2 is 1.85 bits per heavy atom. The van der Waals surface area contributed by atoms with Crippen LogP contribution < -0.4 is 31.0 Å². The standard InChI is InChI=1S/C23H25ClN4O6/c1-12(25)21(29)33-18-10-16-15(19(24)20(18)34-22(26)30)6-7-27-11-17(16)13-2-4-14(5-3-13)32-23(31)28-8-9-28/h2-5,10,12,17,27H,6-9,11,25H2,1H3,(H2,26,30)/t12?,17-/m1/s1. The van der Waals surface area contributed by atoms with Crippen LogP contribution in [-0.4, -0.2) is 55.3 Å². The van der Waals surface area contributed by atoms with Crippen molar-refractivity contribution in [2.75, 3.05) is 26.2 Å². The van der Waals surface area contributed by atoms with E-state index in [9.17, 15) is 14.4 Å². The van der Waals surface area contributed by atoms with Crippen LogP contribution in [-0.2, 0) is 11.2 Å². The van der Waals surface area contributed by atoms with Gasteiger partial charge in [-0.25, -0.2) is 14.4 Å². The van der Waals surface area contributed by atoms with Crippen molar-refractivity contribution in [1.29, 1.82) is 0 Å². The summed E-state index contributed by atoms with van der Waals surface area (Å²) in [5.74, 6) is -0.619. The third-order valence-corrected chi connectivity index (χ3v) is 5.98. The van der Waals surface area contributed by atoms with Gasteiger partial charge in [0.2, 0.25) is 0 Å². The zero-order valence-corrected chi connectivity index (χ0v) is 19.3. The first-order chi connectivity index (χ1) is 16.2. The number of benzene rings is 2. The van der Waals surface area contributed by atoms with Gasteiger partial charge in [0.15, 0.2) is 11.5 Å². The van der Waals surface area contributed by atoms with Crippen LogP contribution in [0.25, 0.3) is 0 Å². The van der Waals surface area contributed by atoms with E-state index in [4.69, 9.17) is 37.3 Å². The van der Waals surface area contributed by atoms with Gasteiger partial charge in [0, 0.05) is 25.6 Å². The fourth-order valence-corrected chi connectivity index (χ4v) is 4.07. The van der Waals surface area contributed by atoms with E-state index in [2.05, 4.69) is 5.32 Å². The number of nitrogens with two attached hydrogens (primary N) is 2. The van der Waals surface area contributed by atoms with E-state index in [1.807, 2.05) is 12.1 Å². The summed E-state index contributed by atoms with van der Waals surface area (Å²) in [4.78, 5) is 37.2. The molecule has 0 bridgehead atoms. The van der Waals surface area contributed by atoms with Crippen LogP contribution in [0.15, 0.2) is 30.3 Å². The lowest BCUT2D eigenvalue weighted by Crippen LogP contribution is -2.31. The molecule has 2 aliphatic heterocycles. The number of carbonyl (C=O) groups is 3. The van der Waals surface area contributed by atoms with Crippen LogP contribution in [0.3, 0.4) is 0 Å². The minimum absolute atomic E-state index is 0.0409. The number of esters is 1. The number of amides is 2. The molecule has 11 heteroatoms. The van der Waals surface area contributed by atoms with Crippen molar-refractivity contribution in [2.24, 2.45) is 11.5 Å². The first kappa shape index (κ1) is 23.8. The van der Waals surface area contributed by atoms with E-state index < -0.39 is 18.1 Å². The van der Waals surface area contributed by atoms with Crippen molar-refractivity contribution >= 4 is 29.8 Å². The Labute approximate surface area is 201 Å². The Morgan fingerprint density at radius 3 is 2.47 bits per heavy atom. The molecule has 5 N–H and O–H groups in total. The van der Waals surface area contributed by atoms with E-state index in [1.54, 1.807) is 23.1 Å². The number of rotatable bonds is 5. The van der Waals surface area contributed by atoms with Gasteiger partial charge in [-0.05, 0) is 54.8 Å². The summed E-state index contributed by atoms with van der Waals surface area (Å²) in [5, 5.41) is 3.51. The topological polar surface area (TPSA) is 146 Å². The van der Waals surface area contributed by atoms with Crippen LogP contribution in [0.1, 0.15) is 29.5 Å². The van der Waals surface area contributed by atoms with Crippen molar-refractivity contribution in [3.63, 3.8) is 0 Å². The highest BCUT2D eigenvalue weighted by molar-refractivity contribution is 6.33. The average Bonchev–Trinajstić information content (AvgIpc) is 3.64. The molecular weight excluding hydrogens is 464 g/mol. The van der Waals surface area contributed by atoms with Crippen LogP contribution in [0.4, 0.5) is 9.59 Å². The summed E-state index contributed by atoms with van der Waals surface area (Å²) < 4.78 is 15.9. The van der Waals surface area contributed by atoms with Crippen molar-refractivity contribution in [3.05, 3.63) is 52.0 Å². The van der Waals surface area contributed by atoms with Gasteiger partial charge in [0.25, 0.3) is 0 Å². The third-order valence-electron chi connectivity index (χ3n) is 5.58. The Kier molecular flexibility index (Phi) is 6.92. The molecule has 0 radical (unpaired) electrons. The van der Waals surface area contributed by atoms with Crippen LogP contribution in [0.2, 0.25) is 5.02 Å². The molecule has 2 aromatic rings. The minimum Gasteiger partial charge on any atom is -0.421 e. The molecule has 1 fully saturated rings. The lowest BCUT2D eigenvalue weighted by Gasteiger charge is -2.22. The van der Waals surface area contributed by atoms with Crippen molar-refractivity contribution < 1.29 is 28.6 Å². The molecule has 2 atom stereocenters. The van der Waals surface area contributed by atoms with Gasteiger partial charge in [0.05, 0.1) is 5.02 Å². The molecule has 0 spiro atoms. The molecule has 4 rings (SSSR count). The van der Waals surface area contributed by atoms with Crippen molar-refractivity contribution in [2.45, 2.75) is 25.3 Å². The van der Waals surface area contributed by atoms with E-state index in [0.29, 0.717) is 38.3 Å². The second-order valence-electron chi connectivity index (χ2n) is 8.15. The lowest BCUT2D eigenvalue weighted by atomic mass is 9.87. The predicted octanol–water partition coefficient (Wildman–Crippen LogP) is 2.14. The summed E-state index contributed by atoms with van der Waals surface area (Å²) in [5.41, 5.74) is 13.3. The Bertz CT molecular complexity index is 1120. The Balaban J connectivity index is 1.71. The van der Waals surface area contributed by atoms with Gasteiger partial charge >= 0.3 is 18.2 Å². The molecule has 0 aliphatic carbocycles. The fraction of sp³-hybridized carbons (Fsp3) is 0.348. The number of ether oxygens (including phenoxy) is 3. The maximum Gasteiger partial charge on any atom is 0.415 e. The molecule has 0 aromatic heterocycles. The van der Waals surface area contributed by atoms with Gasteiger partial charge < -0.3 is 35.9 Å². The van der Waals surface area contributed by atoms with Crippen molar-refractivity contribution in [3.8, 4) is 17.2 Å². The van der Waals surface area contributed by atoms with Crippen LogP contribution in [0, 0.1) is 0 Å². The number of fused-ring (bicyclic) bond motifs is 1. The molecule has 2 aliphatic rings. The van der Waals surface area contributed by atoms with Crippen molar-refractivity contribution in [1.82, 2.24) is 10.2 Å². The average molecular weight is 489 g/mol. The fourth-order valence-electron chi connectivity index (χ4n) is 3.74. The molecule has 2 amide bonds. The highest BCUT2D eigenvalue weighted by atomic mass is 35.5. The smallest absolute Gasteiger partial charge is 0.415 e. The quantitative estimate of drug-likeness (QED) is 0.329. The molecule has 180 valence electrons. The largest absolute Gasteiger partial charge is 0.421 e. The zero-order chi connectivity index (χ0) is 24.4. The number of hydrogen-bond donors (Lipinski definition) is 3. The van der Waals surface area contributed by atoms with Crippen LogP contribution >= 0.6 is 11.6 Å². The zero-order valence-electron chi connectivity index (χ0n) is 18.5. The molecule has 1 unspecified atom stereocenters. The highest BCUT2D eigenvalue weighted by Crippen LogP contribution is 2.44. The van der Waals surface area contributed by atoms with Gasteiger partial charge in [-0.3, -0.25) is 0 Å². The molecule has 0 saturated carbocycles. The Morgan fingerprint density at radius 1 is 1.15 bits per heavy atom. The van der Waals surface area contributed by atoms with Crippen LogP contribution in [0.5, 0.6) is 17.2 Å². The number of nitrogens with one attached hydrogen (secondary N) is 1. The summed E-state index contributed by atoms with van der Waals surface area (Å²) in [7, 11) is 0. The highest BCUT2D eigenvalue weighted by Gasteiger charge is 2.29. The monoisotopic (exact) mass is 488 g/mol. The molecule has 2 heterocycles. The maximum atomic E-state index is 12.2. The van der Waals surface area contributed by atoms with Gasteiger partial charge in [-0.2, -0.15) is 0 Å². The van der Waals surface area contributed by atoms with E-state index >= 15 is 0 Å². The summed E-state index contributed by atoms with van der Waals surface area (Å²) in [6, 6.07) is 7.91. The summed E-state index contributed by atoms with van der Waals surface area (Å²) in [6.07, 6.45) is -0.910. The maximum absolute atomic E-state index is 12.2. The van der Waals surface area contributed by atoms with Gasteiger partial charge in [-0.1, -0.05) is 23.7 Å². The number of hydrogen-bond acceptors (Lipinski definition) is 8. The SMILES string of the molecule is CC(N)C(=O)Oc1cc2c(c(Cl)c1OC(N)=O)CCNC[C@@H]2c1ccc(OC(=O)N2CC2)cc1. The molecule has 34 heavy (non-hydrogen) atoms. The minimum atomic E-state index is -1.09. The molecule has 2 aromatic carbocycles. The van der Waals surface area contributed by atoms with E-state index in [1.165, 1.54) is 6.92 Å². The lowest BCUT2D eigenvalue weighted by molar-refractivity contribution is -0.135. The van der Waals surface area contributed by atoms with E-state index in [0.717, 1.165) is 16.7 Å². The number of halogens is 1. The normalized spacial score (nSPS) is 17.7. The second-order valence-corrected chi connectivity index (χ2v) is 8.53.